The Hall–Kier alpha value is -1.78. The number of aromatic nitrogens is 2. The first-order chi connectivity index (χ1) is 9.33. The number of rotatable bonds is 6. The molecule has 2 rings (SSSR count). The van der Waals surface area contributed by atoms with Gasteiger partial charge < -0.3 is 5.73 Å². The molecule has 0 aromatic carbocycles. The van der Waals surface area contributed by atoms with Crippen molar-refractivity contribution in [3.63, 3.8) is 0 Å². The van der Waals surface area contributed by atoms with Crippen LogP contribution in [-0.2, 0) is 19.6 Å². The van der Waals surface area contributed by atoms with Gasteiger partial charge in [0.1, 0.15) is 0 Å². The maximum atomic E-state index is 5.73. The highest BCUT2D eigenvalue weighted by molar-refractivity contribution is 5.20. The van der Waals surface area contributed by atoms with E-state index in [2.05, 4.69) is 40.0 Å². The quantitative estimate of drug-likeness (QED) is 0.858. The van der Waals surface area contributed by atoms with Crippen molar-refractivity contribution in [2.24, 2.45) is 5.73 Å². The molecular formula is C15H20N4. The van der Waals surface area contributed by atoms with Crippen molar-refractivity contribution in [2.45, 2.75) is 26.6 Å². The molecule has 2 N–H and O–H groups in total. The van der Waals surface area contributed by atoms with E-state index in [0.29, 0.717) is 6.54 Å². The second-order valence-electron chi connectivity index (χ2n) is 4.47. The molecule has 0 aliphatic rings. The average Bonchev–Trinajstić information content (AvgIpc) is 2.48. The molecule has 2 heterocycles. The highest BCUT2D eigenvalue weighted by atomic mass is 15.1. The van der Waals surface area contributed by atoms with Gasteiger partial charge >= 0.3 is 0 Å². The van der Waals surface area contributed by atoms with E-state index in [1.165, 1.54) is 11.1 Å². The molecule has 0 fully saturated rings. The maximum absolute atomic E-state index is 5.73. The number of pyridine rings is 2. The number of nitrogens with zero attached hydrogens (tertiary/aromatic N) is 3. The van der Waals surface area contributed by atoms with Gasteiger partial charge in [0.2, 0.25) is 0 Å². The first-order valence-electron chi connectivity index (χ1n) is 6.57. The summed E-state index contributed by atoms with van der Waals surface area (Å²) in [6.07, 6.45) is 5.46. The van der Waals surface area contributed by atoms with Crippen LogP contribution in [0.5, 0.6) is 0 Å². The fraction of sp³-hybridized carbons (Fsp3) is 0.333. The van der Waals surface area contributed by atoms with E-state index in [-0.39, 0.29) is 0 Å². The first kappa shape index (κ1) is 13.6. The Kier molecular flexibility index (Phi) is 5.01. The molecule has 2 aromatic rings. The van der Waals surface area contributed by atoms with E-state index in [9.17, 15) is 0 Å². The third-order valence-electron chi connectivity index (χ3n) is 3.17. The van der Waals surface area contributed by atoms with Crippen LogP contribution in [0, 0.1) is 0 Å². The number of hydrogen-bond donors (Lipinski definition) is 1. The Balaban J connectivity index is 2.07. The van der Waals surface area contributed by atoms with Gasteiger partial charge in [-0.15, -0.1) is 0 Å². The summed E-state index contributed by atoms with van der Waals surface area (Å²) in [5.41, 5.74) is 9.20. The summed E-state index contributed by atoms with van der Waals surface area (Å²) in [5, 5.41) is 0. The smallest absolute Gasteiger partial charge is 0.0584 e. The molecule has 0 amide bonds. The van der Waals surface area contributed by atoms with Gasteiger partial charge in [0.15, 0.2) is 0 Å². The first-order valence-corrected chi connectivity index (χ1v) is 6.57. The van der Waals surface area contributed by atoms with Crippen LogP contribution in [0.15, 0.2) is 42.9 Å². The van der Waals surface area contributed by atoms with E-state index in [1.807, 2.05) is 18.5 Å². The van der Waals surface area contributed by atoms with E-state index in [1.54, 1.807) is 6.20 Å². The Bertz CT molecular complexity index is 499. The van der Waals surface area contributed by atoms with Gasteiger partial charge in [-0.2, -0.15) is 0 Å². The lowest BCUT2D eigenvalue weighted by Crippen LogP contribution is -2.23. The van der Waals surface area contributed by atoms with Crippen molar-refractivity contribution in [1.82, 2.24) is 14.9 Å². The van der Waals surface area contributed by atoms with E-state index in [4.69, 9.17) is 5.73 Å². The van der Waals surface area contributed by atoms with Crippen LogP contribution in [0.4, 0.5) is 0 Å². The zero-order valence-corrected chi connectivity index (χ0v) is 11.3. The number of hydrogen-bond acceptors (Lipinski definition) is 4. The minimum Gasteiger partial charge on any atom is -0.325 e. The lowest BCUT2D eigenvalue weighted by atomic mass is 10.1. The van der Waals surface area contributed by atoms with Gasteiger partial charge in [-0.1, -0.05) is 13.0 Å². The second-order valence-corrected chi connectivity index (χ2v) is 4.47. The average molecular weight is 256 g/mol. The summed E-state index contributed by atoms with van der Waals surface area (Å²) < 4.78 is 0. The molecule has 0 aliphatic carbocycles. The monoisotopic (exact) mass is 256 g/mol. The molecule has 0 bridgehead atoms. The molecule has 4 heteroatoms. The Labute approximate surface area is 114 Å². The molecule has 0 saturated carbocycles. The van der Waals surface area contributed by atoms with Gasteiger partial charge in [0.25, 0.3) is 0 Å². The van der Waals surface area contributed by atoms with Gasteiger partial charge in [-0.3, -0.25) is 14.9 Å². The second kappa shape index (κ2) is 6.97. The molecule has 0 radical (unpaired) electrons. The van der Waals surface area contributed by atoms with Crippen LogP contribution >= 0.6 is 0 Å². The summed E-state index contributed by atoms with van der Waals surface area (Å²) in [5.74, 6) is 0. The van der Waals surface area contributed by atoms with Crippen LogP contribution in [-0.4, -0.2) is 21.4 Å². The van der Waals surface area contributed by atoms with E-state index in [0.717, 1.165) is 25.3 Å². The lowest BCUT2D eigenvalue weighted by Gasteiger charge is -2.21. The predicted octanol–water partition coefficient (Wildman–Crippen LogP) is 1.96. The van der Waals surface area contributed by atoms with E-state index >= 15 is 0 Å². The molecule has 0 atom stereocenters. The van der Waals surface area contributed by atoms with Crippen molar-refractivity contribution in [3.8, 4) is 0 Å². The fourth-order valence-corrected chi connectivity index (χ4v) is 2.07. The van der Waals surface area contributed by atoms with Crippen molar-refractivity contribution in [3.05, 3.63) is 59.7 Å². The zero-order valence-electron chi connectivity index (χ0n) is 11.3. The van der Waals surface area contributed by atoms with Crippen LogP contribution in [0.2, 0.25) is 0 Å². The van der Waals surface area contributed by atoms with Crippen molar-refractivity contribution in [1.29, 1.82) is 0 Å². The van der Waals surface area contributed by atoms with Gasteiger partial charge in [0, 0.05) is 38.2 Å². The topological polar surface area (TPSA) is 55.0 Å². The fourth-order valence-electron chi connectivity index (χ4n) is 2.07. The molecule has 0 spiro atoms. The highest BCUT2D eigenvalue weighted by Gasteiger charge is 2.08. The third-order valence-corrected chi connectivity index (χ3v) is 3.17. The van der Waals surface area contributed by atoms with Crippen molar-refractivity contribution in [2.75, 3.05) is 6.54 Å². The van der Waals surface area contributed by atoms with Gasteiger partial charge in [-0.05, 0) is 35.9 Å². The van der Waals surface area contributed by atoms with Crippen molar-refractivity contribution < 1.29 is 0 Å². The molecule has 0 saturated heterocycles. The summed E-state index contributed by atoms with van der Waals surface area (Å²) in [6.45, 7) is 5.43. The largest absolute Gasteiger partial charge is 0.325 e. The van der Waals surface area contributed by atoms with Crippen LogP contribution in [0.1, 0.15) is 23.7 Å². The minimum atomic E-state index is 0.489. The molecule has 2 aromatic heterocycles. The third kappa shape index (κ3) is 3.84. The van der Waals surface area contributed by atoms with Gasteiger partial charge in [-0.25, -0.2) is 0 Å². The predicted molar refractivity (Wildman–Crippen MR) is 76.2 cm³/mol. The summed E-state index contributed by atoms with van der Waals surface area (Å²) in [6, 6.07) is 8.17. The van der Waals surface area contributed by atoms with Crippen molar-refractivity contribution >= 4 is 0 Å². The molecule has 19 heavy (non-hydrogen) atoms. The van der Waals surface area contributed by atoms with Crippen LogP contribution < -0.4 is 5.73 Å². The Morgan fingerprint density at radius 2 is 1.89 bits per heavy atom. The summed E-state index contributed by atoms with van der Waals surface area (Å²) >= 11 is 0. The standard InChI is InChI=1S/C15H20N4/c1-2-19(11-13-5-8-17-9-6-13)12-14-4-3-7-18-15(14)10-16/h3-9H,2,10-12,16H2,1H3. The van der Waals surface area contributed by atoms with E-state index < -0.39 is 0 Å². The summed E-state index contributed by atoms with van der Waals surface area (Å²) in [7, 11) is 0. The molecule has 4 nitrogen and oxygen atoms in total. The minimum absolute atomic E-state index is 0.489. The SMILES string of the molecule is CCN(Cc1ccncc1)Cc1cccnc1CN. The molecule has 100 valence electrons. The maximum Gasteiger partial charge on any atom is 0.0584 e. The van der Waals surface area contributed by atoms with Crippen LogP contribution in [0.3, 0.4) is 0 Å². The zero-order chi connectivity index (χ0) is 13.5. The van der Waals surface area contributed by atoms with Crippen LogP contribution in [0.25, 0.3) is 0 Å². The Morgan fingerprint density at radius 1 is 1.11 bits per heavy atom. The molecular weight excluding hydrogens is 236 g/mol. The normalized spacial score (nSPS) is 10.9. The lowest BCUT2D eigenvalue weighted by molar-refractivity contribution is 0.270. The summed E-state index contributed by atoms with van der Waals surface area (Å²) in [4.78, 5) is 10.7. The highest BCUT2D eigenvalue weighted by Crippen LogP contribution is 2.11. The van der Waals surface area contributed by atoms with Gasteiger partial charge in [0.05, 0.1) is 5.69 Å². The molecule has 0 unspecified atom stereocenters. The Morgan fingerprint density at radius 3 is 2.58 bits per heavy atom. The number of nitrogens with two attached hydrogens (primary N) is 1. The molecule has 0 aliphatic heterocycles.